The molecular formula is C12H19NO. The fourth-order valence-corrected chi connectivity index (χ4v) is 1.26. The van der Waals surface area contributed by atoms with Gasteiger partial charge in [0, 0.05) is 6.54 Å². The third-order valence-corrected chi connectivity index (χ3v) is 2.00. The van der Waals surface area contributed by atoms with Crippen molar-refractivity contribution in [2.45, 2.75) is 26.2 Å². The van der Waals surface area contributed by atoms with Gasteiger partial charge in [-0.1, -0.05) is 37.3 Å². The average Bonchev–Trinajstić information content (AvgIpc) is 2.25. The number of benzene rings is 1. The molecule has 2 nitrogen and oxygen atoms in total. The minimum Gasteiger partial charge on any atom is -0.302 e. The molecule has 0 heterocycles. The SMILES string of the molecule is CCCONCCCc1ccccc1. The van der Waals surface area contributed by atoms with E-state index in [0.29, 0.717) is 0 Å². The van der Waals surface area contributed by atoms with Gasteiger partial charge in [-0.2, -0.15) is 0 Å². The minimum absolute atomic E-state index is 0.797. The zero-order chi connectivity index (χ0) is 10.1. The monoisotopic (exact) mass is 193 g/mol. The summed E-state index contributed by atoms with van der Waals surface area (Å²) >= 11 is 0. The molecular weight excluding hydrogens is 174 g/mol. The quantitative estimate of drug-likeness (QED) is 0.531. The smallest absolute Gasteiger partial charge is 0.0679 e. The summed E-state index contributed by atoms with van der Waals surface area (Å²) < 4.78 is 0. The molecule has 0 bridgehead atoms. The van der Waals surface area contributed by atoms with Crippen LogP contribution in [0.1, 0.15) is 25.3 Å². The van der Waals surface area contributed by atoms with Crippen LogP contribution < -0.4 is 5.48 Å². The van der Waals surface area contributed by atoms with E-state index >= 15 is 0 Å². The Morgan fingerprint density at radius 2 is 2.00 bits per heavy atom. The van der Waals surface area contributed by atoms with Crippen LogP contribution in [0.5, 0.6) is 0 Å². The highest BCUT2D eigenvalue weighted by Gasteiger charge is 1.91. The Morgan fingerprint density at radius 1 is 1.21 bits per heavy atom. The molecule has 0 saturated heterocycles. The van der Waals surface area contributed by atoms with Crippen molar-refractivity contribution in [3.63, 3.8) is 0 Å². The lowest BCUT2D eigenvalue weighted by atomic mass is 10.1. The largest absolute Gasteiger partial charge is 0.302 e. The van der Waals surface area contributed by atoms with Crippen LogP contribution in [0.2, 0.25) is 0 Å². The van der Waals surface area contributed by atoms with E-state index in [1.807, 2.05) is 6.07 Å². The second-order valence-electron chi connectivity index (χ2n) is 3.33. The molecule has 0 radical (unpaired) electrons. The van der Waals surface area contributed by atoms with Crippen LogP contribution in [0.25, 0.3) is 0 Å². The Bertz CT molecular complexity index is 223. The second-order valence-corrected chi connectivity index (χ2v) is 3.33. The molecule has 1 rings (SSSR count). The molecule has 2 heteroatoms. The van der Waals surface area contributed by atoms with Crippen molar-refractivity contribution in [3.8, 4) is 0 Å². The van der Waals surface area contributed by atoms with Crippen LogP contribution >= 0.6 is 0 Å². The number of aryl methyl sites for hydroxylation is 1. The molecule has 0 aliphatic rings. The maximum atomic E-state index is 5.17. The van der Waals surface area contributed by atoms with Crippen LogP contribution in [0.15, 0.2) is 30.3 Å². The lowest BCUT2D eigenvalue weighted by Crippen LogP contribution is -2.16. The molecule has 0 aliphatic carbocycles. The predicted octanol–water partition coefficient (Wildman–Crippen LogP) is 2.55. The maximum absolute atomic E-state index is 5.17. The number of nitrogens with one attached hydrogen (secondary N) is 1. The molecule has 0 amide bonds. The summed E-state index contributed by atoms with van der Waals surface area (Å²) in [7, 11) is 0. The number of hydrogen-bond acceptors (Lipinski definition) is 2. The van der Waals surface area contributed by atoms with Gasteiger partial charge in [0.15, 0.2) is 0 Å². The number of hydroxylamine groups is 1. The Kier molecular flexibility index (Phi) is 6.04. The fourth-order valence-electron chi connectivity index (χ4n) is 1.26. The highest BCUT2D eigenvalue weighted by atomic mass is 16.6. The molecule has 0 aromatic heterocycles. The summed E-state index contributed by atoms with van der Waals surface area (Å²) in [5.41, 5.74) is 4.35. The fraction of sp³-hybridized carbons (Fsp3) is 0.500. The Balaban J connectivity index is 1.99. The Hall–Kier alpha value is -0.860. The molecule has 1 N–H and O–H groups in total. The first-order valence-corrected chi connectivity index (χ1v) is 5.32. The molecule has 0 spiro atoms. The van der Waals surface area contributed by atoms with E-state index in [9.17, 15) is 0 Å². The van der Waals surface area contributed by atoms with Crippen molar-refractivity contribution in [3.05, 3.63) is 35.9 Å². The maximum Gasteiger partial charge on any atom is 0.0679 e. The summed E-state index contributed by atoms with van der Waals surface area (Å²) in [6.07, 6.45) is 3.29. The third-order valence-electron chi connectivity index (χ3n) is 2.00. The van der Waals surface area contributed by atoms with Crippen molar-refractivity contribution in [2.75, 3.05) is 13.2 Å². The van der Waals surface area contributed by atoms with E-state index in [2.05, 4.69) is 36.7 Å². The van der Waals surface area contributed by atoms with E-state index in [-0.39, 0.29) is 0 Å². The highest BCUT2D eigenvalue weighted by molar-refractivity contribution is 5.14. The minimum atomic E-state index is 0.797. The lowest BCUT2D eigenvalue weighted by Gasteiger charge is -2.04. The molecule has 1 aromatic rings. The summed E-state index contributed by atoms with van der Waals surface area (Å²) in [5.74, 6) is 0. The molecule has 0 saturated carbocycles. The third kappa shape index (κ3) is 5.00. The van der Waals surface area contributed by atoms with E-state index in [1.54, 1.807) is 0 Å². The first kappa shape index (κ1) is 11.2. The van der Waals surface area contributed by atoms with Gasteiger partial charge >= 0.3 is 0 Å². The van der Waals surface area contributed by atoms with Crippen molar-refractivity contribution < 1.29 is 4.84 Å². The van der Waals surface area contributed by atoms with E-state index < -0.39 is 0 Å². The van der Waals surface area contributed by atoms with E-state index in [1.165, 1.54) is 5.56 Å². The van der Waals surface area contributed by atoms with Crippen LogP contribution in [0.4, 0.5) is 0 Å². The lowest BCUT2D eigenvalue weighted by molar-refractivity contribution is 0.0412. The van der Waals surface area contributed by atoms with Crippen LogP contribution in [0.3, 0.4) is 0 Å². The predicted molar refractivity (Wildman–Crippen MR) is 59.0 cm³/mol. The number of rotatable bonds is 7. The standard InChI is InChI=1S/C12H19NO/c1-2-11-14-13-10-6-9-12-7-4-3-5-8-12/h3-5,7-8,13H,2,6,9-11H2,1H3. The molecule has 1 aromatic carbocycles. The van der Waals surface area contributed by atoms with Gasteiger partial charge in [0.25, 0.3) is 0 Å². The van der Waals surface area contributed by atoms with E-state index in [0.717, 1.165) is 32.4 Å². The molecule has 0 fully saturated rings. The van der Waals surface area contributed by atoms with Gasteiger partial charge in [-0.25, -0.2) is 5.48 Å². The average molecular weight is 193 g/mol. The summed E-state index contributed by atoms with van der Waals surface area (Å²) in [4.78, 5) is 5.17. The van der Waals surface area contributed by atoms with E-state index in [4.69, 9.17) is 4.84 Å². The first-order chi connectivity index (χ1) is 6.93. The van der Waals surface area contributed by atoms with Gasteiger partial charge < -0.3 is 4.84 Å². The van der Waals surface area contributed by atoms with Crippen molar-refractivity contribution in [1.29, 1.82) is 0 Å². The molecule has 0 unspecified atom stereocenters. The van der Waals surface area contributed by atoms with Crippen molar-refractivity contribution in [1.82, 2.24) is 5.48 Å². The van der Waals surface area contributed by atoms with Gasteiger partial charge in [0.1, 0.15) is 0 Å². The van der Waals surface area contributed by atoms with Gasteiger partial charge in [0.05, 0.1) is 6.61 Å². The summed E-state index contributed by atoms with van der Waals surface area (Å²) in [6.45, 7) is 3.83. The number of hydrogen-bond donors (Lipinski definition) is 1. The van der Waals surface area contributed by atoms with Crippen LogP contribution in [-0.4, -0.2) is 13.2 Å². The second kappa shape index (κ2) is 7.54. The van der Waals surface area contributed by atoms with Gasteiger partial charge in [-0.05, 0) is 24.8 Å². The Morgan fingerprint density at radius 3 is 2.71 bits per heavy atom. The van der Waals surface area contributed by atoms with Gasteiger partial charge in [0.2, 0.25) is 0 Å². The summed E-state index contributed by atoms with van der Waals surface area (Å²) in [5, 5.41) is 0. The first-order valence-electron chi connectivity index (χ1n) is 5.32. The summed E-state index contributed by atoms with van der Waals surface area (Å²) in [6, 6.07) is 10.5. The topological polar surface area (TPSA) is 21.3 Å². The Labute approximate surface area is 86.2 Å². The van der Waals surface area contributed by atoms with Gasteiger partial charge in [-0.3, -0.25) is 0 Å². The normalized spacial score (nSPS) is 10.4. The highest BCUT2D eigenvalue weighted by Crippen LogP contribution is 2.01. The van der Waals surface area contributed by atoms with Crippen molar-refractivity contribution >= 4 is 0 Å². The van der Waals surface area contributed by atoms with Gasteiger partial charge in [-0.15, -0.1) is 0 Å². The van der Waals surface area contributed by atoms with Crippen LogP contribution in [0, 0.1) is 0 Å². The molecule has 14 heavy (non-hydrogen) atoms. The zero-order valence-electron chi connectivity index (χ0n) is 8.83. The van der Waals surface area contributed by atoms with Crippen molar-refractivity contribution in [2.24, 2.45) is 0 Å². The molecule has 0 aliphatic heterocycles. The zero-order valence-corrected chi connectivity index (χ0v) is 8.83. The van der Waals surface area contributed by atoms with Crippen LogP contribution in [-0.2, 0) is 11.3 Å². The molecule has 0 atom stereocenters. The molecule has 78 valence electrons.